The number of nitrogens with one attached hydrogen (secondary N) is 1. The van der Waals surface area contributed by atoms with E-state index in [2.05, 4.69) is 18.7 Å². The van der Waals surface area contributed by atoms with E-state index in [0.29, 0.717) is 17.6 Å². The molecule has 0 amide bonds. The van der Waals surface area contributed by atoms with Crippen LogP contribution in [0, 0.1) is 11.2 Å². The number of halogens is 1. The molecule has 0 aromatic heterocycles. The van der Waals surface area contributed by atoms with Crippen molar-refractivity contribution < 1.29 is 4.39 Å². The van der Waals surface area contributed by atoms with Gasteiger partial charge in [0.25, 0.3) is 0 Å². The maximum Gasteiger partial charge on any atom is 0.123 e. The molecule has 1 saturated heterocycles. The fraction of sp³-hybridized carbons (Fsp3) is 0.533. The lowest BCUT2D eigenvalue weighted by Crippen LogP contribution is -2.43. The molecule has 104 valence electrons. The topological polar surface area (TPSA) is 53.1 Å². The number of benzene rings is 1. The van der Waals surface area contributed by atoms with E-state index in [1.165, 1.54) is 31.4 Å². The number of rotatable bonds is 3. The largest absolute Gasteiger partial charge is 0.384 e. The Kier molecular flexibility index (Phi) is 4.20. The molecule has 0 saturated carbocycles. The Morgan fingerprint density at radius 2 is 2.00 bits per heavy atom. The first-order valence-electron chi connectivity index (χ1n) is 6.87. The minimum absolute atomic E-state index is 0.0631. The van der Waals surface area contributed by atoms with Crippen LogP contribution in [0.5, 0.6) is 0 Å². The van der Waals surface area contributed by atoms with Crippen molar-refractivity contribution in [1.29, 1.82) is 5.41 Å². The summed E-state index contributed by atoms with van der Waals surface area (Å²) in [6.45, 7) is 5.19. The molecule has 1 aliphatic heterocycles. The summed E-state index contributed by atoms with van der Waals surface area (Å²) in [6, 6.07) is 5.60. The number of piperidine rings is 1. The average Bonchev–Trinajstić information content (AvgIpc) is 2.35. The predicted octanol–water partition coefficient (Wildman–Crippen LogP) is 2.87. The van der Waals surface area contributed by atoms with Crippen LogP contribution in [0.2, 0.25) is 0 Å². The van der Waals surface area contributed by atoms with Crippen LogP contribution >= 0.6 is 0 Å². The molecular formula is C15H22FN3. The first-order valence-corrected chi connectivity index (χ1v) is 6.87. The maximum atomic E-state index is 13.3. The first-order chi connectivity index (χ1) is 8.99. The number of hydrogen-bond donors (Lipinski definition) is 2. The number of likely N-dealkylation sites (tertiary alicyclic amines) is 1. The average molecular weight is 263 g/mol. The lowest BCUT2D eigenvalue weighted by Gasteiger charge is -2.39. The lowest BCUT2D eigenvalue weighted by molar-refractivity contribution is 0.0952. The molecule has 0 aliphatic carbocycles. The van der Waals surface area contributed by atoms with E-state index < -0.39 is 0 Å². The van der Waals surface area contributed by atoms with Crippen molar-refractivity contribution in [1.82, 2.24) is 4.90 Å². The third kappa shape index (κ3) is 3.13. The van der Waals surface area contributed by atoms with Crippen molar-refractivity contribution in [2.45, 2.75) is 51.7 Å². The normalized spacial score (nSPS) is 24.4. The van der Waals surface area contributed by atoms with Crippen LogP contribution in [0.1, 0.15) is 44.2 Å². The summed E-state index contributed by atoms with van der Waals surface area (Å²) in [7, 11) is 0. The summed E-state index contributed by atoms with van der Waals surface area (Å²) in [5.41, 5.74) is 7.01. The Hall–Kier alpha value is -1.42. The van der Waals surface area contributed by atoms with Crippen LogP contribution in [-0.4, -0.2) is 22.8 Å². The van der Waals surface area contributed by atoms with Crippen molar-refractivity contribution in [2.75, 3.05) is 0 Å². The molecule has 2 atom stereocenters. The van der Waals surface area contributed by atoms with E-state index in [4.69, 9.17) is 11.1 Å². The Morgan fingerprint density at radius 3 is 2.58 bits per heavy atom. The van der Waals surface area contributed by atoms with E-state index in [-0.39, 0.29) is 11.7 Å². The van der Waals surface area contributed by atoms with Gasteiger partial charge in [-0.15, -0.1) is 0 Å². The Balaban J connectivity index is 2.24. The van der Waals surface area contributed by atoms with Crippen molar-refractivity contribution in [3.8, 4) is 0 Å². The summed E-state index contributed by atoms with van der Waals surface area (Å²) in [4.78, 5) is 2.42. The van der Waals surface area contributed by atoms with Gasteiger partial charge in [0, 0.05) is 24.2 Å². The highest BCUT2D eigenvalue weighted by Crippen LogP contribution is 2.25. The van der Waals surface area contributed by atoms with Gasteiger partial charge in [-0.2, -0.15) is 0 Å². The molecule has 19 heavy (non-hydrogen) atoms. The summed E-state index contributed by atoms with van der Waals surface area (Å²) in [6.07, 6.45) is 3.66. The van der Waals surface area contributed by atoms with E-state index in [1.54, 1.807) is 6.07 Å². The molecule has 3 nitrogen and oxygen atoms in total. The molecule has 1 heterocycles. The smallest absolute Gasteiger partial charge is 0.123 e. The van der Waals surface area contributed by atoms with Gasteiger partial charge in [-0.25, -0.2) is 4.39 Å². The Morgan fingerprint density at radius 1 is 1.37 bits per heavy atom. The van der Waals surface area contributed by atoms with Gasteiger partial charge in [0.2, 0.25) is 0 Å². The molecule has 1 fully saturated rings. The third-order valence-corrected chi connectivity index (χ3v) is 4.09. The van der Waals surface area contributed by atoms with E-state index in [0.717, 1.165) is 12.1 Å². The summed E-state index contributed by atoms with van der Waals surface area (Å²) in [5, 5.41) is 7.58. The summed E-state index contributed by atoms with van der Waals surface area (Å²) >= 11 is 0. The van der Waals surface area contributed by atoms with Crippen molar-refractivity contribution in [3.63, 3.8) is 0 Å². The van der Waals surface area contributed by atoms with Gasteiger partial charge in [0.05, 0.1) is 0 Å². The zero-order valence-corrected chi connectivity index (χ0v) is 11.6. The van der Waals surface area contributed by atoms with Crippen molar-refractivity contribution in [3.05, 3.63) is 35.1 Å². The third-order valence-electron chi connectivity index (χ3n) is 4.09. The molecule has 0 bridgehead atoms. The Bertz CT molecular complexity index is 462. The minimum atomic E-state index is -0.339. The number of hydrogen-bond acceptors (Lipinski definition) is 2. The van der Waals surface area contributed by atoms with Crippen molar-refractivity contribution >= 4 is 5.84 Å². The molecule has 3 N–H and O–H groups in total. The molecule has 1 aromatic rings. The summed E-state index contributed by atoms with van der Waals surface area (Å²) < 4.78 is 13.3. The SMILES string of the molecule is CC1CCCC(C)N1Cc1ccc(F)cc1C(=N)N. The van der Waals surface area contributed by atoms with Gasteiger partial charge < -0.3 is 5.73 Å². The predicted molar refractivity (Wildman–Crippen MR) is 75.7 cm³/mol. The van der Waals surface area contributed by atoms with Gasteiger partial charge >= 0.3 is 0 Å². The second-order valence-corrected chi connectivity index (χ2v) is 5.52. The second kappa shape index (κ2) is 5.70. The fourth-order valence-corrected chi connectivity index (χ4v) is 2.92. The van der Waals surface area contributed by atoms with Crippen LogP contribution in [0.4, 0.5) is 4.39 Å². The zero-order chi connectivity index (χ0) is 14.0. The molecule has 4 heteroatoms. The van der Waals surface area contributed by atoms with Gasteiger partial charge in [0.15, 0.2) is 0 Å². The molecule has 2 unspecified atom stereocenters. The standard InChI is InChI=1S/C15H22FN3/c1-10-4-3-5-11(2)19(10)9-12-6-7-13(16)8-14(12)15(17)18/h6-8,10-11H,3-5,9H2,1-2H3,(H3,17,18). The number of nitrogens with zero attached hydrogens (tertiary/aromatic N) is 1. The highest BCUT2D eigenvalue weighted by atomic mass is 19.1. The maximum absolute atomic E-state index is 13.3. The number of nitrogens with two attached hydrogens (primary N) is 1. The molecule has 1 aromatic carbocycles. The molecular weight excluding hydrogens is 241 g/mol. The van der Waals surface area contributed by atoms with Gasteiger partial charge in [0.1, 0.15) is 11.7 Å². The number of nitrogen functional groups attached to an aromatic ring is 1. The van der Waals surface area contributed by atoms with Crippen LogP contribution in [-0.2, 0) is 6.54 Å². The highest BCUT2D eigenvalue weighted by Gasteiger charge is 2.25. The van der Waals surface area contributed by atoms with E-state index >= 15 is 0 Å². The Labute approximate surface area is 114 Å². The van der Waals surface area contributed by atoms with Crippen LogP contribution in [0.15, 0.2) is 18.2 Å². The van der Waals surface area contributed by atoms with Crippen molar-refractivity contribution in [2.24, 2.45) is 5.73 Å². The zero-order valence-electron chi connectivity index (χ0n) is 11.6. The lowest BCUT2D eigenvalue weighted by atomic mass is 9.95. The van der Waals surface area contributed by atoms with E-state index in [1.807, 2.05) is 0 Å². The highest BCUT2D eigenvalue weighted by molar-refractivity contribution is 5.96. The fourth-order valence-electron chi connectivity index (χ4n) is 2.92. The van der Waals surface area contributed by atoms with Gasteiger partial charge in [-0.05, 0) is 44.4 Å². The second-order valence-electron chi connectivity index (χ2n) is 5.52. The number of amidine groups is 1. The van der Waals surface area contributed by atoms with Crippen LogP contribution < -0.4 is 5.73 Å². The van der Waals surface area contributed by atoms with Crippen LogP contribution in [0.3, 0.4) is 0 Å². The van der Waals surface area contributed by atoms with Gasteiger partial charge in [-0.1, -0.05) is 12.5 Å². The van der Waals surface area contributed by atoms with Crippen LogP contribution in [0.25, 0.3) is 0 Å². The quantitative estimate of drug-likeness (QED) is 0.651. The molecule has 1 aliphatic rings. The summed E-state index contributed by atoms with van der Waals surface area (Å²) in [5.74, 6) is -0.402. The molecule has 0 spiro atoms. The minimum Gasteiger partial charge on any atom is -0.384 e. The first kappa shape index (κ1) is 14.0. The monoisotopic (exact) mass is 263 g/mol. The molecule has 2 rings (SSSR count). The molecule has 0 radical (unpaired) electrons. The van der Waals surface area contributed by atoms with E-state index in [9.17, 15) is 4.39 Å². The van der Waals surface area contributed by atoms with Gasteiger partial charge in [-0.3, -0.25) is 10.3 Å².